The lowest BCUT2D eigenvalue weighted by molar-refractivity contribution is 0.622. The molecule has 0 aliphatic carbocycles. The molecule has 2 N–H and O–H groups in total. The van der Waals surface area contributed by atoms with Crippen LogP contribution in [0.5, 0.6) is 0 Å². The smallest absolute Gasteiger partial charge is 0.267 e. The van der Waals surface area contributed by atoms with Gasteiger partial charge in [-0.2, -0.15) is 10.2 Å². The molecule has 0 amide bonds. The highest BCUT2D eigenvalue weighted by molar-refractivity contribution is 14.1. The molecule has 0 fully saturated rings. The minimum atomic E-state index is -0.161. The average Bonchev–Trinajstić information content (AvgIpc) is 2.95. The van der Waals surface area contributed by atoms with Crippen molar-refractivity contribution in [2.75, 3.05) is 5.73 Å². The number of aromatic nitrogens is 6. The molecule has 3 aromatic heterocycles. The number of fused-ring (bicyclic) bond motifs is 1. The van der Waals surface area contributed by atoms with E-state index in [4.69, 9.17) is 5.73 Å². The van der Waals surface area contributed by atoms with Crippen LogP contribution in [0.1, 0.15) is 11.1 Å². The first kappa shape index (κ1) is 16.6. The topological polar surface area (TPSA) is 105 Å². The van der Waals surface area contributed by atoms with Crippen molar-refractivity contribution < 1.29 is 0 Å². The fourth-order valence-electron chi connectivity index (χ4n) is 2.70. The number of anilines is 1. The second kappa shape index (κ2) is 6.83. The zero-order valence-corrected chi connectivity index (χ0v) is 15.7. The van der Waals surface area contributed by atoms with Crippen LogP contribution in [-0.4, -0.2) is 29.5 Å². The van der Waals surface area contributed by atoms with Gasteiger partial charge < -0.3 is 5.73 Å². The van der Waals surface area contributed by atoms with Gasteiger partial charge in [0.15, 0.2) is 5.65 Å². The van der Waals surface area contributed by atoms with Gasteiger partial charge in [-0.05, 0) is 33.7 Å². The lowest BCUT2D eigenvalue weighted by Crippen LogP contribution is -2.23. The van der Waals surface area contributed by atoms with E-state index in [1.54, 1.807) is 16.9 Å². The number of benzene rings is 1. The Morgan fingerprint density at radius 1 is 1.04 bits per heavy atom. The second-order valence-electron chi connectivity index (χ2n) is 5.75. The minimum Gasteiger partial charge on any atom is -0.383 e. The third-order valence-electron chi connectivity index (χ3n) is 3.95. The van der Waals surface area contributed by atoms with Gasteiger partial charge in [0.2, 0.25) is 0 Å². The number of halogens is 1. The summed E-state index contributed by atoms with van der Waals surface area (Å²) in [7, 11) is 0. The van der Waals surface area contributed by atoms with Crippen LogP contribution in [0.15, 0.2) is 53.7 Å². The van der Waals surface area contributed by atoms with E-state index in [0.29, 0.717) is 24.6 Å². The van der Waals surface area contributed by atoms with E-state index in [2.05, 4.69) is 42.8 Å². The fourth-order valence-corrected chi connectivity index (χ4v) is 3.48. The molecule has 3 heterocycles. The molecule has 4 aromatic rings. The molecular formula is C17H14IN7O. The number of nitrogens with zero attached hydrogens (tertiary/aromatic N) is 6. The van der Waals surface area contributed by atoms with E-state index in [1.165, 1.54) is 11.0 Å². The maximum atomic E-state index is 12.4. The van der Waals surface area contributed by atoms with Gasteiger partial charge in [-0.15, -0.1) is 0 Å². The third-order valence-corrected chi connectivity index (χ3v) is 4.70. The van der Waals surface area contributed by atoms with Crippen molar-refractivity contribution in [2.24, 2.45) is 0 Å². The largest absolute Gasteiger partial charge is 0.383 e. The summed E-state index contributed by atoms with van der Waals surface area (Å²) in [5.74, 6) is 0.391. The summed E-state index contributed by atoms with van der Waals surface area (Å²) in [5.41, 5.74) is 8.15. The van der Waals surface area contributed by atoms with Crippen molar-refractivity contribution in [3.05, 3.63) is 74.1 Å². The van der Waals surface area contributed by atoms with Gasteiger partial charge in [0, 0.05) is 6.07 Å². The Morgan fingerprint density at radius 3 is 2.58 bits per heavy atom. The molecule has 0 saturated heterocycles. The monoisotopic (exact) mass is 459 g/mol. The van der Waals surface area contributed by atoms with Crippen LogP contribution in [0.3, 0.4) is 0 Å². The van der Waals surface area contributed by atoms with Gasteiger partial charge in [-0.1, -0.05) is 30.3 Å². The Labute approximate surface area is 161 Å². The molecule has 0 atom stereocenters. The van der Waals surface area contributed by atoms with Crippen molar-refractivity contribution in [1.82, 2.24) is 29.5 Å². The maximum Gasteiger partial charge on any atom is 0.267 e. The summed E-state index contributed by atoms with van der Waals surface area (Å²) in [6, 6.07) is 11.3. The van der Waals surface area contributed by atoms with Gasteiger partial charge in [0.05, 0.1) is 24.7 Å². The minimum absolute atomic E-state index is 0.161. The second-order valence-corrected chi connectivity index (χ2v) is 6.77. The van der Waals surface area contributed by atoms with E-state index < -0.39 is 0 Å². The zero-order chi connectivity index (χ0) is 18.1. The van der Waals surface area contributed by atoms with Crippen LogP contribution in [0.25, 0.3) is 11.0 Å². The van der Waals surface area contributed by atoms with E-state index in [1.807, 2.05) is 30.3 Å². The van der Waals surface area contributed by atoms with Gasteiger partial charge >= 0.3 is 0 Å². The summed E-state index contributed by atoms with van der Waals surface area (Å²) >= 11 is 2.10. The number of nitrogens with two attached hydrogens (primary N) is 1. The zero-order valence-electron chi connectivity index (χ0n) is 13.6. The first-order valence-electron chi connectivity index (χ1n) is 7.84. The highest BCUT2D eigenvalue weighted by atomic mass is 127. The molecule has 130 valence electrons. The van der Waals surface area contributed by atoms with Crippen LogP contribution in [0, 0.1) is 3.70 Å². The Kier molecular flexibility index (Phi) is 4.37. The number of nitrogen functional groups attached to an aromatic ring is 1. The first-order chi connectivity index (χ1) is 12.6. The molecule has 0 aliphatic rings. The van der Waals surface area contributed by atoms with Crippen molar-refractivity contribution in [2.45, 2.75) is 13.1 Å². The van der Waals surface area contributed by atoms with E-state index in [-0.39, 0.29) is 5.56 Å². The molecular weight excluding hydrogens is 445 g/mol. The number of hydrogen-bond donors (Lipinski definition) is 1. The number of hydrogen-bond acceptors (Lipinski definition) is 6. The van der Waals surface area contributed by atoms with Gasteiger partial charge in [0.1, 0.15) is 15.8 Å². The summed E-state index contributed by atoms with van der Waals surface area (Å²) in [6.07, 6.45) is 3.08. The molecule has 0 aliphatic heterocycles. The molecule has 0 radical (unpaired) electrons. The molecule has 26 heavy (non-hydrogen) atoms. The maximum absolute atomic E-state index is 12.4. The third kappa shape index (κ3) is 3.17. The van der Waals surface area contributed by atoms with Gasteiger partial charge in [-0.3, -0.25) is 4.79 Å². The molecule has 8 nitrogen and oxygen atoms in total. The van der Waals surface area contributed by atoms with Crippen LogP contribution in [-0.2, 0) is 13.1 Å². The highest BCUT2D eigenvalue weighted by Crippen LogP contribution is 2.22. The molecule has 4 rings (SSSR count). The predicted octanol–water partition coefficient (Wildman–Crippen LogP) is 1.67. The Morgan fingerprint density at radius 2 is 1.81 bits per heavy atom. The molecule has 0 unspecified atom stereocenters. The van der Waals surface area contributed by atoms with Crippen molar-refractivity contribution in [1.29, 1.82) is 0 Å². The Bertz CT molecular complexity index is 1140. The van der Waals surface area contributed by atoms with Gasteiger partial charge in [0.25, 0.3) is 5.56 Å². The van der Waals surface area contributed by atoms with E-state index in [0.717, 1.165) is 20.2 Å². The van der Waals surface area contributed by atoms with Crippen molar-refractivity contribution >= 4 is 39.4 Å². The van der Waals surface area contributed by atoms with Crippen LogP contribution in [0.2, 0.25) is 0 Å². The first-order valence-corrected chi connectivity index (χ1v) is 8.92. The molecule has 1 aromatic carbocycles. The quantitative estimate of drug-likeness (QED) is 0.466. The summed E-state index contributed by atoms with van der Waals surface area (Å²) in [6.45, 7) is 0.816. The lowest BCUT2D eigenvalue weighted by atomic mass is 10.2. The van der Waals surface area contributed by atoms with E-state index >= 15 is 0 Å². The molecule has 0 bridgehead atoms. The Balaban J connectivity index is 1.63. The lowest BCUT2D eigenvalue weighted by Gasteiger charge is -2.07. The van der Waals surface area contributed by atoms with Crippen LogP contribution in [0.4, 0.5) is 5.82 Å². The van der Waals surface area contributed by atoms with Crippen LogP contribution < -0.4 is 11.3 Å². The SMILES string of the molecule is Nc1ncnc2c1c(I)nn2Cc1cnn(Cc2ccccc2)c(=O)c1. The summed E-state index contributed by atoms with van der Waals surface area (Å²) in [5, 5.41) is 9.45. The van der Waals surface area contributed by atoms with Crippen molar-refractivity contribution in [3.63, 3.8) is 0 Å². The fraction of sp³-hybridized carbons (Fsp3) is 0.118. The standard InChI is InChI=1S/C17H14IN7O/c18-15-14-16(19)20-10-21-17(14)25(23-15)9-12-6-13(26)24(22-7-12)8-11-4-2-1-3-5-11/h1-7,10H,8-9H2,(H2,19,20,21). The molecule has 9 heteroatoms. The van der Waals surface area contributed by atoms with E-state index in [9.17, 15) is 4.79 Å². The summed E-state index contributed by atoms with van der Waals surface area (Å²) in [4.78, 5) is 20.6. The molecule has 0 spiro atoms. The Hall–Kier alpha value is -2.82. The predicted molar refractivity (Wildman–Crippen MR) is 106 cm³/mol. The number of rotatable bonds is 4. The average molecular weight is 459 g/mol. The van der Waals surface area contributed by atoms with Gasteiger partial charge in [-0.25, -0.2) is 19.3 Å². The highest BCUT2D eigenvalue weighted by Gasteiger charge is 2.14. The van der Waals surface area contributed by atoms with Crippen LogP contribution >= 0.6 is 22.6 Å². The summed E-state index contributed by atoms with van der Waals surface area (Å²) < 4.78 is 3.86. The molecule has 0 saturated carbocycles. The normalized spacial score (nSPS) is 11.1. The van der Waals surface area contributed by atoms with Crippen molar-refractivity contribution in [3.8, 4) is 0 Å².